The van der Waals surface area contributed by atoms with Gasteiger partial charge in [0.25, 0.3) is 0 Å². The fourth-order valence-corrected chi connectivity index (χ4v) is 1.29. The summed E-state index contributed by atoms with van der Waals surface area (Å²) in [4.78, 5) is 0. The lowest BCUT2D eigenvalue weighted by molar-refractivity contribution is 0.0132. The van der Waals surface area contributed by atoms with Gasteiger partial charge in [-0.3, -0.25) is 0 Å². The van der Waals surface area contributed by atoms with Crippen molar-refractivity contribution in [3.63, 3.8) is 0 Å². The van der Waals surface area contributed by atoms with Crippen LogP contribution in [0.4, 0.5) is 5.69 Å². The summed E-state index contributed by atoms with van der Waals surface area (Å²) in [5.41, 5.74) is -0.0840. The van der Waals surface area contributed by atoms with Gasteiger partial charge >= 0.3 is 0 Å². The van der Waals surface area contributed by atoms with Gasteiger partial charge in [0.2, 0.25) is 0 Å². The third kappa shape index (κ3) is 3.38. The zero-order valence-electron chi connectivity index (χ0n) is 8.87. The Balaban J connectivity index is 2.70. The first-order valence-electron chi connectivity index (χ1n) is 4.75. The summed E-state index contributed by atoms with van der Waals surface area (Å²) in [6.45, 7) is 1.39. The molecule has 0 aliphatic carbocycles. The number of anilines is 1. The van der Waals surface area contributed by atoms with Crippen LogP contribution in [0, 0.1) is 11.3 Å². The maximum absolute atomic E-state index is 9.56. The average Bonchev–Trinajstić information content (AvgIpc) is 2.27. The SMILES string of the molecule is CC(O)(CO)CNc1ccc(C#N)c(Cl)c1. The number of hydrogen-bond donors (Lipinski definition) is 3. The predicted molar refractivity (Wildman–Crippen MR) is 62.4 cm³/mol. The first-order valence-corrected chi connectivity index (χ1v) is 5.13. The smallest absolute Gasteiger partial charge is 0.102 e. The van der Waals surface area contributed by atoms with Gasteiger partial charge in [0, 0.05) is 12.2 Å². The highest BCUT2D eigenvalue weighted by Gasteiger charge is 2.18. The minimum absolute atomic E-state index is 0.200. The third-order valence-corrected chi connectivity index (χ3v) is 2.42. The van der Waals surface area contributed by atoms with Crippen LogP contribution in [-0.4, -0.2) is 29.0 Å². The molecule has 1 unspecified atom stereocenters. The van der Waals surface area contributed by atoms with E-state index in [2.05, 4.69) is 5.32 Å². The molecule has 0 spiro atoms. The van der Waals surface area contributed by atoms with Crippen molar-refractivity contribution in [3.05, 3.63) is 28.8 Å². The van der Waals surface area contributed by atoms with E-state index in [9.17, 15) is 5.11 Å². The number of aliphatic hydroxyl groups is 2. The molecule has 3 N–H and O–H groups in total. The van der Waals surface area contributed by atoms with Gasteiger partial charge in [-0.1, -0.05) is 11.6 Å². The van der Waals surface area contributed by atoms with E-state index in [0.717, 1.165) is 0 Å². The van der Waals surface area contributed by atoms with Gasteiger partial charge in [0.05, 0.1) is 17.2 Å². The van der Waals surface area contributed by atoms with Crippen molar-refractivity contribution in [3.8, 4) is 6.07 Å². The molecule has 0 heterocycles. The zero-order chi connectivity index (χ0) is 12.2. The first kappa shape index (κ1) is 12.8. The van der Waals surface area contributed by atoms with Crippen LogP contribution in [0.1, 0.15) is 12.5 Å². The Hall–Kier alpha value is -1.28. The Kier molecular flexibility index (Phi) is 4.13. The van der Waals surface area contributed by atoms with Gasteiger partial charge in [0.15, 0.2) is 0 Å². The topological polar surface area (TPSA) is 76.3 Å². The van der Waals surface area contributed by atoms with E-state index in [1.165, 1.54) is 6.92 Å². The molecule has 0 saturated heterocycles. The lowest BCUT2D eigenvalue weighted by Crippen LogP contribution is -2.37. The van der Waals surface area contributed by atoms with Crippen LogP contribution in [0.25, 0.3) is 0 Å². The van der Waals surface area contributed by atoms with E-state index in [1.54, 1.807) is 18.2 Å². The molecule has 16 heavy (non-hydrogen) atoms. The quantitative estimate of drug-likeness (QED) is 0.743. The third-order valence-electron chi connectivity index (χ3n) is 2.10. The summed E-state index contributed by atoms with van der Waals surface area (Å²) in [5.74, 6) is 0. The van der Waals surface area contributed by atoms with Gasteiger partial charge < -0.3 is 15.5 Å². The summed E-state index contributed by atoms with van der Waals surface area (Å²) in [5, 5.41) is 30.4. The van der Waals surface area contributed by atoms with Gasteiger partial charge in [-0.05, 0) is 25.1 Å². The van der Waals surface area contributed by atoms with Gasteiger partial charge in [-0.25, -0.2) is 0 Å². The summed E-state index contributed by atoms with van der Waals surface area (Å²) in [6, 6.07) is 6.85. The van der Waals surface area contributed by atoms with Crippen molar-refractivity contribution in [1.29, 1.82) is 5.26 Å². The second-order valence-electron chi connectivity index (χ2n) is 3.82. The van der Waals surface area contributed by atoms with Crippen molar-refractivity contribution in [2.45, 2.75) is 12.5 Å². The predicted octanol–water partition coefficient (Wildman–Crippen LogP) is 1.37. The van der Waals surface area contributed by atoms with Crippen LogP contribution in [-0.2, 0) is 0 Å². The maximum Gasteiger partial charge on any atom is 0.102 e. The van der Waals surface area contributed by atoms with E-state index in [-0.39, 0.29) is 13.2 Å². The van der Waals surface area contributed by atoms with Crippen LogP contribution in [0.15, 0.2) is 18.2 Å². The molecule has 1 rings (SSSR count). The number of benzene rings is 1. The van der Waals surface area contributed by atoms with Crippen molar-refractivity contribution in [2.75, 3.05) is 18.5 Å². The van der Waals surface area contributed by atoms with E-state index >= 15 is 0 Å². The minimum atomic E-state index is -1.18. The summed E-state index contributed by atoms with van der Waals surface area (Å²) < 4.78 is 0. The van der Waals surface area contributed by atoms with Crippen molar-refractivity contribution in [1.82, 2.24) is 0 Å². The molecule has 0 amide bonds. The second kappa shape index (κ2) is 5.17. The zero-order valence-corrected chi connectivity index (χ0v) is 9.62. The van der Waals surface area contributed by atoms with E-state index in [4.69, 9.17) is 22.0 Å². The first-order chi connectivity index (χ1) is 7.48. The number of nitriles is 1. The molecule has 1 aromatic carbocycles. The average molecular weight is 241 g/mol. The highest BCUT2D eigenvalue weighted by Crippen LogP contribution is 2.20. The minimum Gasteiger partial charge on any atom is -0.393 e. The van der Waals surface area contributed by atoms with Crippen LogP contribution in [0.2, 0.25) is 5.02 Å². The summed E-state index contributed by atoms with van der Waals surface area (Å²) in [6.07, 6.45) is 0. The molecule has 0 bridgehead atoms. The van der Waals surface area contributed by atoms with E-state index in [1.807, 2.05) is 6.07 Å². The standard InChI is InChI=1S/C11H13ClN2O2/c1-11(16,7-15)6-14-9-3-2-8(5-13)10(12)4-9/h2-4,14-16H,6-7H2,1H3. The molecule has 0 aliphatic heterocycles. The molecule has 0 aromatic heterocycles. The molecule has 0 radical (unpaired) electrons. The van der Waals surface area contributed by atoms with Crippen LogP contribution in [0.3, 0.4) is 0 Å². The van der Waals surface area contributed by atoms with Crippen molar-refractivity contribution < 1.29 is 10.2 Å². The molecular formula is C11H13ClN2O2. The van der Waals surface area contributed by atoms with Gasteiger partial charge in [-0.15, -0.1) is 0 Å². The second-order valence-corrected chi connectivity index (χ2v) is 4.22. The molecule has 86 valence electrons. The largest absolute Gasteiger partial charge is 0.393 e. The van der Waals surface area contributed by atoms with E-state index < -0.39 is 5.60 Å². The van der Waals surface area contributed by atoms with Gasteiger partial charge in [-0.2, -0.15) is 5.26 Å². The molecular weight excluding hydrogens is 228 g/mol. The lowest BCUT2D eigenvalue weighted by Gasteiger charge is -2.21. The monoisotopic (exact) mass is 240 g/mol. The molecule has 4 nitrogen and oxygen atoms in total. The molecule has 0 aliphatic rings. The maximum atomic E-state index is 9.56. The van der Waals surface area contributed by atoms with Crippen LogP contribution in [0.5, 0.6) is 0 Å². The van der Waals surface area contributed by atoms with E-state index in [0.29, 0.717) is 16.3 Å². The highest BCUT2D eigenvalue weighted by atomic mass is 35.5. The number of hydrogen-bond acceptors (Lipinski definition) is 4. The Morgan fingerprint density at radius 3 is 2.75 bits per heavy atom. The van der Waals surface area contributed by atoms with Crippen LogP contribution >= 0.6 is 11.6 Å². The lowest BCUT2D eigenvalue weighted by atomic mass is 10.1. The fourth-order valence-electron chi connectivity index (χ4n) is 1.06. The number of nitrogens with one attached hydrogen (secondary N) is 1. The number of rotatable bonds is 4. The number of aliphatic hydroxyl groups excluding tert-OH is 1. The summed E-state index contributed by atoms with van der Waals surface area (Å²) in [7, 11) is 0. The normalized spacial score (nSPS) is 13.9. The Morgan fingerprint density at radius 2 is 2.25 bits per heavy atom. The highest BCUT2D eigenvalue weighted by molar-refractivity contribution is 6.32. The molecule has 0 saturated carbocycles. The molecule has 1 atom stereocenters. The number of nitrogens with zero attached hydrogens (tertiary/aromatic N) is 1. The molecule has 5 heteroatoms. The summed E-state index contributed by atoms with van der Waals surface area (Å²) >= 11 is 5.84. The number of halogens is 1. The Morgan fingerprint density at radius 1 is 1.56 bits per heavy atom. The Labute approximate surface area is 99.1 Å². The van der Waals surface area contributed by atoms with Gasteiger partial charge in [0.1, 0.15) is 11.7 Å². The van der Waals surface area contributed by atoms with Crippen molar-refractivity contribution in [2.24, 2.45) is 0 Å². The van der Waals surface area contributed by atoms with Crippen molar-refractivity contribution >= 4 is 17.3 Å². The fraction of sp³-hybridized carbons (Fsp3) is 0.364. The van der Waals surface area contributed by atoms with Crippen LogP contribution < -0.4 is 5.32 Å². The molecule has 1 aromatic rings. The Bertz CT molecular complexity index is 413. The molecule has 0 fully saturated rings.